The van der Waals surface area contributed by atoms with Crippen molar-refractivity contribution in [1.82, 2.24) is 0 Å². The van der Waals surface area contributed by atoms with Crippen LogP contribution in [-0.4, -0.2) is 43.0 Å². The molecule has 1 unspecified atom stereocenters. The smallest absolute Gasteiger partial charge is 0.340 e. The maximum Gasteiger partial charge on any atom is 0.340 e. The van der Waals surface area contributed by atoms with Crippen LogP contribution in [0.25, 0.3) is 0 Å². The van der Waals surface area contributed by atoms with Gasteiger partial charge in [-0.05, 0) is 27.7 Å². The van der Waals surface area contributed by atoms with E-state index in [2.05, 4.69) is 0 Å². The molecule has 2 atom stereocenters. The lowest BCUT2D eigenvalue weighted by atomic mass is 10.3. The molecule has 5 nitrogen and oxygen atoms in total. The van der Waals surface area contributed by atoms with E-state index >= 15 is 0 Å². The van der Waals surface area contributed by atoms with Gasteiger partial charge in [-0.1, -0.05) is 0 Å². The van der Waals surface area contributed by atoms with Crippen LogP contribution in [0.15, 0.2) is 0 Å². The topological polar surface area (TPSA) is 54.0 Å². The maximum atomic E-state index is 12.6. The van der Waals surface area contributed by atoms with Gasteiger partial charge in [0.15, 0.2) is 6.29 Å². The molecule has 0 amide bonds. The van der Waals surface area contributed by atoms with Crippen LogP contribution in [-0.2, 0) is 23.1 Å². The molecule has 1 heterocycles. The van der Waals surface area contributed by atoms with Crippen LogP contribution in [0.5, 0.6) is 0 Å². The minimum absolute atomic E-state index is 0.114. The monoisotopic (exact) mass is 312 g/mol. The Morgan fingerprint density at radius 2 is 1.84 bits per heavy atom. The fourth-order valence-corrected chi connectivity index (χ4v) is 5.63. The summed E-state index contributed by atoms with van der Waals surface area (Å²) < 4.78 is 34.2. The molecule has 1 saturated heterocycles. The first kappa shape index (κ1) is 17.5. The summed E-state index contributed by atoms with van der Waals surface area (Å²) in [7, 11) is -1.41. The lowest BCUT2D eigenvalue weighted by molar-refractivity contribution is -0.0880. The van der Waals surface area contributed by atoms with Crippen LogP contribution >= 0.6 is 19.4 Å². The van der Waals surface area contributed by atoms with E-state index in [9.17, 15) is 4.57 Å². The summed E-state index contributed by atoms with van der Waals surface area (Å²) in [6, 6.07) is 0. The van der Waals surface area contributed by atoms with Gasteiger partial charge >= 0.3 is 7.60 Å². The van der Waals surface area contributed by atoms with Gasteiger partial charge < -0.3 is 18.5 Å². The van der Waals surface area contributed by atoms with Gasteiger partial charge in [-0.3, -0.25) is 4.57 Å². The molecule has 0 aromatic carbocycles. The van der Waals surface area contributed by atoms with Crippen LogP contribution < -0.4 is 0 Å². The van der Waals surface area contributed by atoms with Crippen molar-refractivity contribution in [2.24, 2.45) is 0 Å². The zero-order valence-corrected chi connectivity index (χ0v) is 14.0. The van der Waals surface area contributed by atoms with E-state index in [1.807, 2.05) is 27.7 Å². The molecule has 1 fully saturated rings. The van der Waals surface area contributed by atoms with Crippen molar-refractivity contribution < 1.29 is 23.1 Å². The van der Waals surface area contributed by atoms with Crippen molar-refractivity contribution in [1.29, 1.82) is 0 Å². The van der Waals surface area contributed by atoms with Crippen molar-refractivity contribution in [3.05, 3.63) is 0 Å². The highest BCUT2D eigenvalue weighted by atomic mass is 32.2. The van der Waals surface area contributed by atoms with Gasteiger partial charge in [0.25, 0.3) is 0 Å². The molecule has 0 saturated carbocycles. The minimum atomic E-state index is -3.05. The maximum absolute atomic E-state index is 12.6. The summed E-state index contributed by atoms with van der Waals surface area (Å²) in [4.78, 5) is 0. The summed E-state index contributed by atoms with van der Waals surface area (Å²) in [5.41, 5.74) is 0.355. The Morgan fingerprint density at radius 3 is 2.26 bits per heavy atom. The largest absolute Gasteiger partial charge is 0.356 e. The predicted octanol–water partition coefficient (Wildman–Crippen LogP) is 3.48. The predicted molar refractivity (Wildman–Crippen MR) is 77.7 cm³/mol. The van der Waals surface area contributed by atoms with E-state index in [0.717, 1.165) is 6.42 Å². The van der Waals surface area contributed by atoms with Crippen molar-refractivity contribution in [3.63, 3.8) is 0 Å². The van der Waals surface area contributed by atoms with Crippen LogP contribution in [0.3, 0.4) is 0 Å². The first-order valence-corrected chi connectivity index (χ1v) is 9.34. The summed E-state index contributed by atoms with van der Waals surface area (Å²) in [6.45, 7) is 8.06. The quantitative estimate of drug-likeness (QED) is 0.640. The van der Waals surface area contributed by atoms with Gasteiger partial charge in [0, 0.05) is 18.8 Å². The van der Waals surface area contributed by atoms with Gasteiger partial charge in [0.2, 0.25) is 0 Å². The second kappa shape index (κ2) is 8.01. The summed E-state index contributed by atoms with van der Waals surface area (Å²) in [5, 5.41) is 0.282. The average molecular weight is 312 g/mol. The molecule has 0 aromatic rings. The molecule has 0 bridgehead atoms. The Bertz CT molecular complexity index is 296. The SMILES string of the molecule is COC1C[C@@H](SCP(=O)(OC(C)C)OC(C)C)CO1. The number of methoxy groups -OCH3 is 1. The van der Waals surface area contributed by atoms with E-state index in [4.69, 9.17) is 18.5 Å². The van der Waals surface area contributed by atoms with Crippen molar-refractivity contribution >= 4 is 19.4 Å². The highest BCUT2D eigenvalue weighted by molar-refractivity contribution is 8.05. The van der Waals surface area contributed by atoms with Crippen LogP contribution in [0.4, 0.5) is 0 Å². The molecule has 7 heteroatoms. The molecular formula is C12H25O5PS. The van der Waals surface area contributed by atoms with Gasteiger partial charge in [-0.2, -0.15) is 0 Å². The number of hydrogen-bond acceptors (Lipinski definition) is 6. The highest BCUT2D eigenvalue weighted by Crippen LogP contribution is 2.54. The number of ether oxygens (including phenoxy) is 2. The number of thioether (sulfide) groups is 1. The van der Waals surface area contributed by atoms with Gasteiger partial charge in [0.1, 0.15) is 0 Å². The van der Waals surface area contributed by atoms with Crippen LogP contribution in [0, 0.1) is 0 Å². The second-order valence-corrected chi connectivity index (χ2v) is 8.75. The van der Waals surface area contributed by atoms with Crippen molar-refractivity contribution in [2.45, 2.75) is 57.9 Å². The molecule has 0 spiro atoms. The Labute approximate surface area is 120 Å². The van der Waals surface area contributed by atoms with E-state index in [0.29, 0.717) is 12.1 Å². The zero-order chi connectivity index (χ0) is 14.5. The Hall–Kier alpha value is 0.420. The normalized spacial score (nSPS) is 24.6. The lowest BCUT2D eigenvalue weighted by Crippen LogP contribution is -2.11. The minimum Gasteiger partial charge on any atom is -0.356 e. The third-order valence-electron chi connectivity index (χ3n) is 2.40. The van der Waals surface area contributed by atoms with Gasteiger partial charge in [0.05, 0.1) is 24.3 Å². The Morgan fingerprint density at radius 1 is 1.26 bits per heavy atom. The van der Waals surface area contributed by atoms with E-state index < -0.39 is 7.60 Å². The Kier molecular flexibility index (Phi) is 7.36. The molecule has 0 radical (unpaired) electrons. The second-order valence-electron chi connectivity index (χ2n) is 5.07. The van der Waals surface area contributed by atoms with E-state index in [-0.39, 0.29) is 23.7 Å². The number of rotatable bonds is 8. The number of hydrogen-bond donors (Lipinski definition) is 0. The summed E-state index contributed by atoms with van der Waals surface area (Å²) in [6.07, 6.45) is 0.437. The molecule has 0 aromatic heterocycles. The van der Waals surface area contributed by atoms with Gasteiger partial charge in [-0.15, -0.1) is 11.8 Å². The molecule has 0 N–H and O–H groups in total. The molecule has 1 rings (SSSR count). The summed E-state index contributed by atoms with van der Waals surface area (Å²) in [5.74, 6) is 0. The molecule has 0 aliphatic carbocycles. The van der Waals surface area contributed by atoms with E-state index in [1.165, 1.54) is 0 Å². The zero-order valence-electron chi connectivity index (χ0n) is 12.3. The standard InChI is InChI=1S/C12H25O5PS/c1-9(2)16-18(13,17-10(3)4)8-19-11-6-12(14-5)15-7-11/h9-12H,6-8H2,1-5H3/t11-,12?/m1/s1. The third kappa shape index (κ3) is 6.61. The van der Waals surface area contributed by atoms with Crippen molar-refractivity contribution in [2.75, 3.05) is 19.2 Å². The molecule has 114 valence electrons. The van der Waals surface area contributed by atoms with E-state index in [1.54, 1.807) is 18.9 Å². The molecule has 1 aliphatic rings. The first-order valence-electron chi connectivity index (χ1n) is 6.56. The van der Waals surface area contributed by atoms with Crippen molar-refractivity contribution in [3.8, 4) is 0 Å². The molecule has 1 aliphatic heterocycles. The third-order valence-corrected chi connectivity index (χ3v) is 6.54. The van der Waals surface area contributed by atoms with Crippen LogP contribution in [0.2, 0.25) is 0 Å². The molecule has 19 heavy (non-hydrogen) atoms. The first-order chi connectivity index (χ1) is 8.84. The Balaban J connectivity index is 2.47. The fourth-order valence-electron chi connectivity index (χ4n) is 1.77. The van der Waals surface area contributed by atoms with Gasteiger partial charge in [-0.25, -0.2) is 0 Å². The lowest BCUT2D eigenvalue weighted by Gasteiger charge is -2.23. The average Bonchev–Trinajstić information content (AvgIpc) is 2.72. The molecular weight excluding hydrogens is 287 g/mol. The summed E-state index contributed by atoms with van der Waals surface area (Å²) >= 11 is 1.58. The highest BCUT2D eigenvalue weighted by Gasteiger charge is 2.32. The van der Waals surface area contributed by atoms with Crippen LogP contribution in [0.1, 0.15) is 34.1 Å². The fraction of sp³-hybridized carbons (Fsp3) is 1.00.